The molecule has 0 amide bonds. The van der Waals surface area contributed by atoms with Crippen molar-refractivity contribution in [3.8, 4) is 203 Å². The predicted molar refractivity (Wildman–Crippen MR) is 519 cm³/mol. The second-order valence-corrected chi connectivity index (χ2v) is 32.2. The predicted octanol–water partition coefficient (Wildman–Crippen LogP) is 27.5. The summed E-state index contributed by atoms with van der Waals surface area (Å²) in [5.74, 6) is 5.81. The van der Waals surface area contributed by atoms with Crippen molar-refractivity contribution in [3.63, 3.8) is 0 Å². The molecule has 24 rings (SSSR count). The van der Waals surface area contributed by atoms with Crippen molar-refractivity contribution >= 4 is 0 Å². The number of aromatic nitrogens is 12. The Labute approximate surface area is 747 Å². The highest BCUT2D eigenvalue weighted by Gasteiger charge is 2.27. The van der Waals surface area contributed by atoms with Gasteiger partial charge in [0.1, 0.15) is 0 Å². The molecule has 0 aliphatic heterocycles. The summed E-state index contributed by atoms with van der Waals surface area (Å²) in [6.07, 6.45) is 12.6. The molecule has 0 radical (unpaired) electrons. The Balaban J connectivity index is 0.000000114. The molecule has 12 heteroatoms. The number of fused-ring (bicyclic) bond motifs is 9. The van der Waals surface area contributed by atoms with Gasteiger partial charge >= 0.3 is 0 Å². The second kappa shape index (κ2) is 34.8. The number of nitrogens with zero attached hydrogens (tertiary/aromatic N) is 12. The standard InChI is InChI=1S/3C39H26N4/c1-3-11-26(12-4-1)28-16-9-18-31(21-28)38-41-37(27-13-5-2-6-14-27)42-39(43-38)32-19-10-17-29(22-32)35-24-40-25-36-33-20-8-7-15-30(33)23-34(35)36;1-3-11-26(12-4-1)28-16-9-18-31(23-28)38-41-37(27-13-5-2-6-14-27)42-39(43-38)32-19-10-17-30(24-32)36-35-25-29-15-7-8-20-33(29)34(35)21-22-40-36;1-3-10-28(11-4-1)37-41-38(29-12-5-2-6-13-29)43-39(42-37)32-16-9-15-30(22-32)26-18-20-27(21-19-26)35-24-40-25-36-33-17-8-7-14-31(33)23-34(35)36/h1-22,24-25H,23H2;1-24H,25H2;1-22,24-25H,23H2. The van der Waals surface area contributed by atoms with E-state index in [9.17, 15) is 0 Å². The van der Waals surface area contributed by atoms with Crippen LogP contribution < -0.4 is 0 Å². The quantitative estimate of drug-likeness (QED) is 0.0959. The van der Waals surface area contributed by atoms with E-state index in [0.717, 1.165) is 125 Å². The van der Waals surface area contributed by atoms with Gasteiger partial charge in [-0.3, -0.25) is 15.0 Å². The van der Waals surface area contributed by atoms with Crippen molar-refractivity contribution in [1.29, 1.82) is 0 Å². The summed E-state index contributed by atoms with van der Waals surface area (Å²) in [6.45, 7) is 0. The Bertz CT molecular complexity index is 7380. The fourth-order valence-corrected chi connectivity index (χ4v) is 17.8. The molecule has 0 saturated heterocycles. The van der Waals surface area contributed by atoms with Crippen LogP contribution in [-0.2, 0) is 19.3 Å². The largest absolute Gasteiger partial charge is 0.263 e. The first-order valence-electron chi connectivity index (χ1n) is 43.3. The summed E-state index contributed by atoms with van der Waals surface area (Å²) in [6, 6.07) is 140. The second-order valence-electron chi connectivity index (χ2n) is 32.2. The first-order chi connectivity index (χ1) is 63.9. The SMILES string of the molecule is c1ccc(-c2cccc(-c3nc(-c4ccccc4)nc(-c4cccc(-c5cncc6c5Cc5ccccc5-6)c4)n3)c2)cc1.c1ccc(-c2cccc(-c3nc(-c4ccccc4)nc(-c4cccc(-c5nccc6c5Cc5ccccc5-6)c4)n3)c2)cc1.c1ccc(-c2nc(-c3ccccc3)nc(-c3cccc(-c4ccc(-c5cncc6c5Cc5ccccc5-6)cc4)c3)n2)cc1. The number of hydrogen-bond donors (Lipinski definition) is 0. The molecular weight excluding hydrogens is 1570 g/mol. The zero-order chi connectivity index (χ0) is 85.8. The van der Waals surface area contributed by atoms with Crippen molar-refractivity contribution in [3.05, 3.63) is 471 Å². The Morgan fingerprint density at radius 2 is 0.388 bits per heavy atom. The lowest BCUT2D eigenvalue weighted by molar-refractivity contribution is 1.07. The molecule has 3 aliphatic rings. The normalized spacial score (nSPS) is 11.6. The van der Waals surface area contributed by atoms with E-state index in [1.165, 1.54) is 77.9 Å². The van der Waals surface area contributed by atoms with E-state index < -0.39 is 0 Å². The van der Waals surface area contributed by atoms with Crippen molar-refractivity contribution < 1.29 is 0 Å². The van der Waals surface area contributed by atoms with Gasteiger partial charge in [-0.25, -0.2) is 44.9 Å². The summed E-state index contributed by atoms with van der Waals surface area (Å²) in [4.78, 5) is 58.7. The van der Waals surface area contributed by atoms with E-state index in [2.05, 4.69) is 283 Å². The molecule has 0 unspecified atom stereocenters. The first-order valence-corrected chi connectivity index (χ1v) is 43.3. The topological polar surface area (TPSA) is 155 Å². The van der Waals surface area contributed by atoms with Crippen molar-refractivity contribution in [2.45, 2.75) is 19.3 Å². The molecule has 0 bridgehead atoms. The van der Waals surface area contributed by atoms with Gasteiger partial charge < -0.3 is 0 Å². The molecule has 0 atom stereocenters. The van der Waals surface area contributed by atoms with E-state index in [1.54, 1.807) is 0 Å². The molecule has 3 aliphatic carbocycles. The molecule has 6 heterocycles. The van der Waals surface area contributed by atoms with E-state index in [4.69, 9.17) is 49.8 Å². The zero-order valence-electron chi connectivity index (χ0n) is 70.1. The molecule has 15 aromatic carbocycles. The number of benzene rings is 15. The Kier molecular flexibility index (Phi) is 21.0. The van der Waals surface area contributed by atoms with Gasteiger partial charge in [-0.05, 0) is 149 Å². The third kappa shape index (κ3) is 16.1. The lowest BCUT2D eigenvalue weighted by atomic mass is 9.96. The number of hydrogen-bond acceptors (Lipinski definition) is 12. The van der Waals surface area contributed by atoms with E-state index in [-0.39, 0.29) is 0 Å². The monoisotopic (exact) mass is 1650 g/mol. The molecule has 0 fully saturated rings. The summed E-state index contributed by atoms with van der Waals surface area (Å²) in [5, 5.41) is 0. The number of rotatable bonds is 15. The van der Waals surface area contributed by atoms with Crippen LogP contribution in [-0.4, -0.2) is 59.8 Å². The van der Waals surface area contributed by atoms with Crippen LogP contribution in [0.3, 0.4) is 0 Å². The minimum atomic E-state index is 0.631. The first kappa shape index (κ1) is 77.8. The average Bonchev–Trinajstić information content (AvgIpc) is 1.64. The van der Waals surface area contributed by atoms with E-state index in [0.29, 0.717) is 52.4 Å². The van der Waals surface area contributed by atoms with Gasteiger partial charge in [0.25, 0.3) is 0 Å². The maximum absolute atomic E-state index is 5.04. The smallest absolute Gasteiger partial charge is 0.164 e. The maximum atomic E-state index is 5.04. The molecule has 12 nitrogen and oxygen atoms in total. The van der Waals surface area contributed by atoms with E-state index >= 15 is 0 Å². The van der Waals surface area contributed by atoms with Crippen LogP contribution in [0, 0.1) is 0 Å². The molecule has 6 aromatic heterocycles. The summed E-state index contributed by atoms with van der Waals surface area (Å²) in [5.41, 5.74) is 37.5. The molecule has 606 valence electrons. The molecular formula is C117H78N12. The van der Waals surface area contributed by atoms with Crippen LogP contribution >= 0.6 is 0 Å². The van der Waals surface area contributed by atoms with Crippen molar-refractivity contribution in [2.75, 3.05) is 0 Å². The highest BCUT2D eigenvalue weighted by atomic mass is 15.1. The molecule has 0 N–H and O–H groups in total. The average molecular weight is 1650 g/mol. The van der Waals surface area contributed by atoms with Gasteiger partial charge in [0.15, 0.2) is 52.4 Å². The summed E-state index contributed by atoms with van der Waals surface area (Å²) in [7, 11) is 0. The summed E-state index contributed by atoms with van der Waals surface area (Å²) < 4.78 is 0. The minimum absolute atomic E-state index is 0.631. The third-order valence-electron chi connectivity index (χ3n) is 24.2. The fourth-order valence-electron chi connectivity index (χ4n) is 17.8. The van der Waals surface area contributed by atoms with Gasteiger partial charge in [-0.2, -0.15) is 0 Å². The summed E-state index contributed by atoms with van der Waals surface area (Å²) >= 11 is 0. The molecule has 21 aromatic rings. The van der Waals surface area contributed by atoms with Crippen LogP contribution in [0.15, 0.2) is 437 Å². The van der Waals surface area contributed by atoms with E-state index in [1.807, 2.05) is 164 Å². The lowest BCUT2D eigenvalue weighted by Gasteiger charge is -2.12. The van der Waals surface area contributed by atoms with Gasteiger partial charge in [0, 0.05) is 115 Å². The van der Waals surface area contributed by atoms with Crippen LogP contribution in [0.2, 0.25) is 0 Å². The third-order valence-corrected chi connectivity index (χ3v) is 24.2. The number of pyridine rings is 3. The highest BCUT2D eigenvalue weighted by Crippen LogP contribution is 2.46. The molecule has 129 heavy (non-hydrogen) atoms. The van der Waals surface area contributed by atoms with Gasteiger partial charge in [0.2, 0.25) is 0 Å². The molecule has 0 saturated carbocycles. The fraction of sp³-hybridized carbons (Fsp3) is 0.0256. The highest BCUT2D eigenvalue weighted by molar-refractivity contribution is 5.89. The Morgan fingerprint density at radius 1 is 0.147 bits per heavy atom. The lowest BCUT2D eigenvalue weighted by Crippen LogP contribution is -2.00. The Morgan fingerprint density at radius 3 is 0.752 bits per heavy atom. The van der Waals surface area contributed by atoms with Gasteiger partial charge in [0.05, 0.1) is 5.69 Å². The van der Waals surface area contributed by atoms with Gasteiger partial charge in [-0.1, -0.05) is 370 Å². The van der Waals surface area contributed by atoms with Crippen LogP contribution in [0.1, 0.15) is 33.4 Å². The maximum Gasteiger partial charge on any atom is 0.164 e. The van der Waals surface area contributed by atoms with Crippen LogP contribution in [0.25, 0.3) is 203 Å². The Hall–Kier alpha value is -17.2. The van der Waals surface area contributed by atoms with Gasteiger partial charge in [-0.15, -0.1) is 0 Å². The van der Waals surface area contributed by atoms with Crippen molar-refractivity contribution in [1.82, 2.24) is 59.8 Å². The van der Waals surface area contributed by atoms with Crippen LogP contribution in [0.5, 0.6) is 0 Å². The van der Waals surface area contributed by atoms with Crippen LogP contribution in [0.4, 0.5) is 0 Å². The molecule has 0 spiro atoms. The zero-order valence-corrected chi connectivity index (χ0v) is 70.1. The minimum Gasteiger partial charge on any atom is -0.263 e. The van der Waals surface area contributed by atoms with Crippen molar-refractivity contribution in [2.24, 2.45) is 0 Å².